The van der Waals surface area contributed by atoms with E-state index >= 15 is 0 Å². The van der Waals surface area contributed by atoms with E-state index in [4.69, 9.17) is 4.74 Å². The van der Waals surface area contributed by atoms with Crippen molar-refractivity contribution in [3.63, 3.8) is 0 Å². The maximum Gasteiger partial charge on any atom is 0.202 e. The maximum absolute atomic E-state index is 12.1. The molecule has 0 unspecified atom stereocenters. The van der Waals surface area contributed by atoms with E-state index in [0.29, 0.717) is 16.2 Å². The molecule has 1 aromatic rings. The monoisotopic (exact) mass is 222 g/mol. The van der Waals surface area contributed by atoms with Crippen molar-refractivity contribution in [2.45, 2.75) is 23.5 Å². The van der Waals surface area contributed by atoms with Gasteiger partial charge in [-0.15, -0.1) is 0 Å². The highest BCUT2D eigenvalue weighted by molar-refractivity contribution is 7.95. The predicted molar refractivity (Wildman–Crippen MR) is 55.0 cm³/mol. The highest BCUT2D eigenvalue weighted by Crippen LogP contribution is 2.40. The predicted octanol–water partition coefficient (Wildman–Crippen LogP) is 1.52. The van der Waals surface area contributed by atoms with Crippen LogP contribution in [0.4, 0.5) is 0 Å². The summed E-state index contributed by atoms with van der Waals surface area (Å²) in [5.41, 5.74) is 0. The average molecular weight is 222 g/mol. The van der Waals surface area contributed by atoms with Crippen LogP contribution in [0.5, 0.6) is 0 Å². The Hall–Kier alpha value is -1.13. The Morgan fingerprint density at radius 1 is 1.20 bits per heavy atom. The third-order valence-corrected chi connectivity index (χ3v) is 4.66. The minimum atomic E-state index is -3.26. The molecule has 0 bridgehead atoms. The number of benzene rings is 1. The van der Waals surface area contributed by atoms with Crippen molar-refractivity contribution in [2.24, 2.45) is 0 Å². The number of fused-ring (bicyclic) bond motifs is 1. The van der Waals surface area contributed by atoms with Gasteiger partial charge in [0.15, 0.2) is 0 Å². The van der Waals surface area contributed by atoms with E-state index in [-0.39, 0.29) is 12.2 Å². The Bertz CT molecular complexity index is 516. The van der Waals surface area contributed by atoms with Gasteiger partial charge in [0.1, 0.15) is 6.10 Å². The van der Waals surface area contributed by atoms with Gasteiger partial charge in [-0.1, -0.05) is 18.2 Å². The van der Waals surface area contributed by atoms with Crippen LogP contribution in [-0.2, 0) is 14.6 Å². The fourth-order valence-electron chi connectivity index (χ4n) is 1.87. The van der Waals surface area contributed by atoms with Gasteiger partial charge >= 0.3 is 0 Å². The molecule has 1 saturated heterocycles. The molecule has 0 spiro atoms. The molecular weight excluding hydrogens is 212 g/mol. The van der Waals surface area contributed by atoms with E-state index < -0.39 is 9.84 Å². The van der Waals surface area contributed by atoms with E-state index in [2.05, 4.69) is 0 Å². The quantitative estimate of drug-likeness (QED) is 0.713. The zero-order valence-corrected chi connectivity index (χ0v) is 8.78. The molecule has 0 aromatic heterocycles. The smallest absolute Gasteiger partial charge is 0.202 e. The molecule has 1 fully saturated rings. The molecule has 0 radical (unpaired) electrons. The second kappa shape index (κ2) is 2.93. The van der Waals surface area contributed by atoms with Crippen LogP contribution < -0.4 is 0 Å². The fourth-order valence-corrected chi connectivity index (χ4v) is 3.38. The molecule has 1 aromatic carbocycles. The molecule has 4 heteroatoms. The normalized spacial score (nSPS) is 28.4. The molecular formula is C11H10O3S. The van der Waals surface area contributed by atoms with Crippen molar-refractivity contribution in [1.82, 2.24) is 0 Å². The first kappa shape index (κ1) is 9.12. The van der Waals surface area contributed by atoms with Gasteiger partial charge in [-0.3, -0.25) is 0 Å². The van der Waals surface area contributed by atoms with Crippen LogP contribution in [-0.4, -0.2) is 20.6 Å². The summed E-state index contributed by atoms with van der Waals surface area (Å²) < 4.78 is 29.3. The number of epoxide rings is 1. The van der Waals surface area contributed by atoms with Crippen LogP contribution in [0.1, 0.15) is 6.42 Å². The van der Waals surface area contributed by atoms with E-state index in [1.54, 1.807) is 30.3 Å². The average Bonchev–Trinajstić information content (AvgIpc) is 2.87. The van der Waals surface area contributed by atoms with Crippen molar-refractivity contribution in [2.75, 3.05) is 0 Å². The molecule has 15 heavy (non-hydrogen) atoms. The summed E-state index contributed by atoms with van der Waals surface area (Å²) in [7, 11) is -3.26. The standard InChI is InChI=1S/C11H10O3S/c12-15(13,8-4-2-1-3-5-8)9-6-10-11(7-9)14-10/h1-6,10-11H,7H2/t10-,11+/m0/s1. The Morgan fingerprint density at radius 2 is 1.93 bits per heavy atom. The van der Waals surface area contributed by atoms with Gasteiger partial charge < -0.3 is 4.74 Å². The number of ether oxygens (including phenoxy) is 1. The molecule has 3 nitrogen and oxygen atoms in total. The molecule has 1 aliphatic carbocycles. The van der Waals surface area contributed by atoms with Crippen LogP contribution in [0.15, 0.2) is 46.2 Å². The van der Waals surface area contributed by atoms with E-state index in [1.165, 1.54) is 0 Å². The molecule has 3 rings (SSSR count). The van der Waals surface area contributed by atoms with Crippen molar-refractivity contribution < 1.29 is 13.2 Å². The van der Waals surface area contributed by atoms with Crippen LogP contribution in [0.25, 0.3) is 0 Å². The van der Waals surface area contributed by atoms with Gasteiger partial charge in [0.25, 0.3) is 0 Å². The Kier molecular flexibility index (Phi) is 1.78. The lowest BCUT2D eigenvalue weighted by atomic mass is 10.4. The second-order valence-corrected chi connectivity index (χ2v) is 5.80. The molecule has 78 valence electrons. The molecule has 2 atom stereocenters. The van der Waals surface area contributed by atoms with Gasteiger partial charge in [-0.2, -0.15) is 0 Å². The molecule has 1 heterocycles. The van der Waals surface area contributed by atoms with E-state index in [1.807, 2.05) is 6.07 Å². The molecule has 0 saturated carbocycles. The Balaban J connectivity index is 2.01. The van der Waals surface area contributed by atoms with Gasteiger partial charge in [-0.05, 0) is 18.2 Å². The summed E-state index contributed by atoms with van der Waals surface area (Å²) in [6.07, 6.45) is 2.44. The SMILES string of the molecule is O=S(=O)(C1=C[C@@H]2O[C@@H]2C1)c1ccccc1. The van der Waals surface area contributed by atoms with E-state index in [0.717, 1.165) is 0 Å². The summed E-state index contributed by atoms with van der Waals surface area (Å²) in [5, 5.41) is 0. The zero-order chi connectivity index (χ0) is 10.5. The summed E-state index contributed by atoms with van der Waals surface area (Å²) in [5.74, 6) is 0. The number of rotatable bonds is 2. The highest BCUT2D eigenvalue weighted by Gasteiger charge is 2.46. The molecule has 0 N–H and O–H groups in total. The van der Waals surface area contributed by atoms with E-state index in [9.17, 15) is 8.42 Å². The number of hydrogen-bond acceptors (Lipinski definition) is 3. The van der Waals surface area contributed by atoms with Crippen molar-refractivity contribution in [3.8, 4) is 0 Å². The first-order chi connectivity index (χ1) is 7.18. The van der Waals surface area contributed by atoms with Gasteiger partial charge in [-0.25, -0.2) is 8.42 Å². The topological polar surface area (TPSA) is 46.7 Å². The first-order valence-corrected chi connectivity index (χ1v) is 6.32. The van der Waals surface area contributed by atoms with Crippen LogP contribution in [0.2, 0.25) is 0 Å². The molecule has 0 amide bonds. The molecule has 1 aliphatic heterocycles. The van der Waals surface area contributed by atoms with Crippen molar-refractivity contribution in [1.29, 1.82) is 0 Å². The lowest BCUT2D eigenvalue weighted by Crippen LogP contribution is -2.04. The van der Waals surface area contributed by atoms with Crippen molar-refractivity contribution >= 4 is 9.84 Å². The van der Waals surface area contributed by atoms with Crippen LogP contribution in [0, 0.1) is 0 Å². The summed E-state index contributed by atoms with van der Waals surface area (Å²) in [4.78, 5) is 0.882. The van der Waals surface area contributed by atoms with Crippen molar-refractivity contribution in [3.05, 3.63) is 41.3 Å². The highest BCUT2D eigenvalue weighted by atomic mass is 32.2. The van der Waals surface area contributed by atoms with Gasteiger partial charge in [0.2, 0.25) is 9.84 Å². The number of hydrogen-bond donors (Lipinski definition) is 0. The Labute approximate surface area is 88.3 Å². The maximum atomic E-state index is 12.1. The minimum Gasteiger partial charge on any atom is -0.365 e. The summed E-state index contributed by atoms with van der Waals surface area (Å²) >= 11 is 0. The molecule has 2 aliphatic rings. The first-order valence-electron chi connectivity index (χ1n) is 4.84. The third kappa shape index (κ3) is 1.41. The third-order valence-electron chi connectivity index (χ3n) is 2.77. The summed E-state index contributed by atoms with van der Waals surface area (Å²) in [6.45, 7) is 0. The largest absolute Gasteiger partial charge is 0.365 e. The van der Waals surface area contributed by atoms with Gasteiger partial charge in [0, 0.05) is 6.42 Å². The van der Waals surface area contributed by atoms with Crippen LogP contribution in [0.3, 0.4) is 0 Å². The Morgan fingerprint density at radius 3 is 2.53 bits per heavy atom. The fraction of sp³-hybridized carbons (Fsp3) is 0.273. The van der Waals surface area contributed by atoms with Crippen LogP contribution >= 0.6 is 0 Å². The zero-order valence-electron chi connectivity index (χ0n) is 7.96. The lowest BCUT2D eigenvalue weighted by molar-refractivity contribution is 0.380. The lowest BCUT2D eigenvalue weighted by Gasteiger charge is -2.05. The van der Waals surface area contributed by atoms with Gasteiger partial charge in [0.05, 0.1) is 15.9 Å². The number of sulfone groups is 1. The summed E-state index contributed by atoms with van der Waals surface area (Å²) in [6, 6.07) is 8.53. The minimum absolute atomic E-state index is 0.0542. The second-order valence-electron chi connectivity index (χ2n) is 3.79.